The number of halogens is 1. The fourth-order valence-electron chi connectivity index (χ4n) is 3.85. The average Bonchev–Trinajstić information content (AvgIpc) is 2.83. The van der Waals surface area contributed by atoms with Gasteiger partial charge in [-0.3, -0.25) is 4.79 Å². The van der Waals surface area contributed by atoms with Crippen molar-refractivity contribution in [3.63, 3.8) is 0 Å². The van der Waals surface area contributed by atoms with Crippen LogP contribution in [0.1, 0.15) is 46.1 Å². The predicted molar refractivity (Wildman–Crippen MR) is 103 cm³/mol. The van der Waals surface area contributed by atoms with Crippen molar-refractivity contribution in [2.45, 2.75) is 58.2 Å². The zero-order valence-electron chi connectivity index (χ0n) is 16.5. The number of carboxylic acid groups (broad SMARTS) is 1. The zero-order chi connectivity index (χ0) is 19.9. The summed E-state index contributed by atoms with van der Waals surface area (Å²) in [5.41, 5.74) is -0.297. The lowest BCUT2D eigenvalue weighted by atomic mass is 9.59. The summed E-state index contributed by atoms with van der Waals surface area (Å²) in [6.45, 7) is 7.09. The lowest BCUT2D eigenvalue weighted by Crippen LogP contribution is -2.41. The molecule has 1 aliphatic carbocycles. The Bertz CT molecular complexity index is 715. The molecule has 1 saturated heterocycles. The SMILES string of the molecule is CC1(C)OB(C2=CCC(CF)(C(=O)O)CC2Cc2ccccc2)OC1(C)C. The fraction of sp³-hybridized carbons (Fsp3) is 0.571. The zero-order valence-corrected chi connectivity index (χ0v) is 16.5. The van der Waals surface area contributed by atoms with E-state index in [-0.39, 0.29) is 18.8 Å². The Balaban J connectivity index is 1.93. The van der Waals surface area contributed by atoms with Crippen LogP contribution >= 0.6 is 0 Å². The average molecular weight is 374 g/mol. The molecule has 6 heteroatoms. The number of hydrogen-bond acceptors (Lipinski definition) is 3. The molecule has 146 valence electrons. The molecular formula is C21H28BFO4. The maximum atomic E-state index is 13.8. The number of hydrogen-bond donors (Lipinski definition) is 1. The van der Waals surface area contributed by atoms with Crippen molar-refractivity contribution < 1.29 is 23.6 Å². The third-order valence-corrected chi connectivity index (χ3v) is 6.40. The van der Waals surface area contributed by atoms with Crippen LogP contribution in [0.15, 0.2) is 41.9 Å². The van der Waals surface area contributed by atoms with Crippen molar-refractivity contribution in [2.75, 3.05) is 6.67 Å². The highest BCUT2D eigenvalue weighted by molar-refractivity contribution is 6.54. The smallest absolute Gasteiger partial charge is 0.481 e. The normalized spacial score (nSPS) is 29.4. The van der Waals surface area contributed by atoms with E-state index < -0.39 is 36.4 Å². The van der Waals surface area contributed by atoms with Crippen LogP contribution in [0.5, 0.6) is 0 Å². The molecule has 0 aromatic heterocycles. The number of carboxylic acids is 1. The second-order valence-corrected chi connectivity index (χ2v) is 8.81. The van der Waals surface area contributed by atoms with Crippen LogP contribution in [0, 0.1) is 11.3 Å². The number of carbonyl (C=O) groups is 1. The molecule has 0 radical (unpaired) electrons. The lowest BCUT2D eigenvalue weighted by Gasteiger charge is -2.36. The number of alkyl halides is 1. The molecule has 2 aliphatic rings. The van der Waals surface area contributed by atoms with Gasteiger partial charge in [-0.05, 0) is 63.9 Å². The van der Waals surface area contributed by atoms with E-state index in [1.54, 1.807) is 0 Å². The topological polar surface area (TPSA) is 55.8 Å². The molecule has 0 saturated carbocycles. The van der Waals surface area contributed by atoms with Crippen molar-refractivity contribution in [1.29, 1.82) is 0 Å². The summed E-state index contributed by atoms with van der Waals surface area (Å²) in [6.07, 6.45) is 2.87. The summed E-state index contributed by atoms with van der Waals surface area (Å²) in [7, 11) is -0.532. The van der Waals surface area contributed by atoms with E-state index in [9.17, 15) is 14.3 Å². The molecule has 1 aromatic rings. The minimum Gasteiger partial charge on any atom is -0.481 e. The third kappa shape index (κ3) is 3.70. The molecule has 1 heterocycles. The number of aliphatic carboxylic acids is 1. The molecule has 0 bridgehead atoms. The van der Waals surface area contributed by atoms with Crippen molar-refractivity contribution in [2.24, 2.45) is 11.3 Å². The largest absolute Gasteiger partial charge is 0.490 e. The molecule has 4 nitrogen and oxygen atoms in total. The molecule has 0 amide bonds. The molecule has 1 N–H and O–H groups in total. The highest BCUT2D eigenvalue weighted by Gasteiger charge is 2.55. The standard InChI is InChI=1S/C21H28BFO4/c1-19(2)20(3,4)27-22(26-19)17-10-11-21(14-23,18(24)25)13-16(17)12-15-8-6-5-7-9-15/h5-10,16H,11-14H2,1-4H3,(H,24,25). The summed E-state index contributed by atoms with van der Waals surface area (Å²) in [6, 6.07) is 9.87. The van der Waals surface area contributed by atoms with Crippen LogP contribution in [0.3, 0.4) is 0 Å². The summed E-state index contributed by atoms with van der Waals surface area (Å²) in [4.78, 5) is 11.8. The highest BCUT2D eigenvalue weighted by Crippen LogP contribution is 2.46. The highest BCUT2D eigenvalue weighted by atomic mass is 19.1. The molecule has 0 spiro atoms. The van der Waals surface area contributed by atoms with Crippen LogP contribution < -0.4 is 0 Å². The van der Waals surface area contributed by atoms with Gasteiger partial charge in [-0.2, -0.15) is 0 Å². The van der Waals surface area contributed by atoms with E-state index in [2.05, 4.69) is 0 Å². The van der Waals surface area contributed by atoms with Crippen molar-refractivity contribution >= 4 is 13.1 Å². The molecule has 1 aliphatic heterocycles. The van der Waals surface area contributed by atoms with Crippen molar-refractivity contribution in [3.05, 3.63) is 47.4 Å². The Labute approximate surface area is 160 Å². The van der Waals surface area contributed by atoms with Gasteiger partial charge in [0, 0.05) is 0 Å². The quantitative estimate of drug-likeness (QED) is 0.784. The van der Waals surface area contributed by atoms with E-state index in [1.165, 1.54) is 0 Å². The number of allylic oxidation sites excluding steroid dienone is 2. The van der Waals surface area contributed by atoms with E-state index in [4.69, 9.17) is 9.31 Å². The second-order valence-electron chi connectivity index (χ2n) is 8.81. The van der Waals surface area contributed by atoms with E-state index in [1.807, 2.05) is 64.1 Å². The maximum absolute atomic E-state index is 13.8. The minimum absolute atomic E-state index is 0.150. The summed E-state index contributed by atoms with van der Waals surface area (Å²) in [5, 5.41) is 9.66. The first-order valence-electron chi connectivity index (χ1n) is 9.49. The van der Waals surface area contributed by atoms with Crippen molar-refractivity contribution in [1.82, 2.24) is 0 Å². The Kier molecular flexibility index (Phi) is 5.25. The van der Waals surface area contributed by atoms with Gasteiger partial charge in [0.05, 0.1) is 16.6 Å². The predicted octanol–water partition coefficient (Wildman–Crippen LogP) is 4.24. The van der Waals surface area contributed by atoms with Gasteiger partial charge in [-0.1, -0.05) is 36.4 Å². The van der Waals surface area contributed by atoms with Gasteiger partial charge in [-0.15, -0.1) is 0 Å². The van der Waals surface area contributed by atoms with Crippen LogP contribution in [-0.4, -0.2) is 36.1 Å². The molecule has 27 heavy (non-hydrogen) atoms. The van der Waals surface area contributed by atoms with Crippen molar-refractivity contribution in [3.8, 4) is 0 Å². The summed E-state index contributed by atoms with van der Waals surface area (Å²) in [5.74, 6) is -1.23. The van der Waals surface area contributed by atoms with Crippen LogP contribution in [0.4, 0.5) is 4.39 Å². The molecule has 1 aromatic carbocycles. The minimum atomic E-state index is -1.37. The van der Waals surface area contributed by atoms with Gasteiger partial charge in [0.2, 0.25) is 0 Å². The van der Waals surface area contributed by atoms with Gasteiger partial charge in [-0.25, -0.2) is 4.39 Å². The third-order valence-electron chi connectivity index (χ3n) is 6.40. The lowest BCUT2D eigenvalue weighted by molar-refractivity contribution is -0.151. The Hall–Kier alpha value is -1.66. The first-order valence-corrected chi connectivity index (χ1v) is 9.49. The Morgan fingerprint density at radius 3 is 2.30 bits per heavy atom. The van der Waals surface area contributed by atoms with Gasteiger partial charge < -0.3 is 14.4 Å². The molecule has 2 unspecified atom stereocenters. The first kappa shape index (κ1) is 20.1. The van der Waals surface area contributed by atoms with Gasteiger partial charge in [0.15, 0.2) is 0 Å². The van der Waals surface area contributed by atoms with Crippen LogP contribution in [0.25, 0.3) is 0 Å². The van der Waals surface area contributed by atoms with E-state index >= 15 is 0 Å². The van der Waals surface area contributed by atoms with Gasteiger partial charge >= 0.3 is 13.1 Å². The molecular weight excluding hydrogens is 346 g/mol. The number of benzene rings is 1. The summed E-state index contributed by atoms with van der Waals surface area (Å²) >= 11 is 0. The Morgan fingerprint density at radius 2 is 1.78 bits per heavy atom. The first-order chi connectivity index (χ1) is 12.6. The van der Waals surface area contributed by atoms with Crippen LogP contribution in [-0.2, 0) is 20.5 Å². The van der Waals surface area contributed by atoms with Crippen LogP contribution in [0.2, 0.25) is 0 Å². The van der Waals surface area contributed by atoms with E-state index in [0.29, 0.717) is 6.42 Å². The monoisotopic (exact) mass is 374 g/mol. The number of rotatable bonds is 5. The molecule has 2 atom stereocenters. The van der Waals surface area contributed by atoms with Gasteiger partial charge in [0.1, 0.15) is 6.67 Å². The van der Waals surface area contributed by atoms with E-state index in [0.717, 1.165) is 11.0 Å². The molecule has 3 rings (SSSR count). The molecule has 1 fully saturated rings. The fourth-order valence-corrected chi connectivity index (χ4v) is 3.85. The maximum Gasteiger partial charge on any atom is 0.490 e. The summed E-state index contributed by atoms with van der Waals surface area (Å²) < 4.78 is 26.2. The Morgan fingerprint density at radius 1 is 1.19 bits per heavy atom. The second kappa shape index (κ2) is 7.06. The van der Waals surface area contributed by atoms with Gasteiger partial charge in [0.25, 0.3) is 0 Å².